The van der Waals surface area contributed by atoms with Crippen LogP contribution in [0, 0.1) is 11.3 Å². The van der Waals surface area contributed by atoms with E-state index in [1.165, 1.54) is 7.05 Å². The molecule has 0 heterocycles. The van der Waals surface area contributed by atoms with E-state index in [0.29, 0.717) is 0 Å². The van der Waals surface area contributed by atoms with Crippen molar-refractivity contribution in [1.29, 1.82) is 5.26 Å². The Labute approximate surface area is 53.0 Å². The van der Waals surface area contributed by atoms with E-state index in [9.17, 15) is 4.79 Å². The summed E-state index contributed by atoms with van der Waals surface area (Å²) in [7, 11) is 1.54. The van der Waals surface area contributed by atoms with Gasteiger partial charge in [-0.05, 0) is 0 Å². The first-order valence-electron chi connectivity index (χ1n) is 2.29. The molecule has 4 heteroatoms. The Bertz CT molecular complexity index is 177. The van der Waals surface area contributed by atoms with Crippen LogP contribution in [-0.4, -0.2) is 13.0 Å². The molecule has 0 aliphatic heterocycles. The van der Waals surface area contributed by atoms with Crippen molar-refractivity contribution >= 4 is 5.91 Å². The molecule has 0 unspecified atom stereocenters. The molecule has 48 valence electrons. The van der Waals surface area contributed by atoms with Crippen LogP contribution in [0.5, 0.6) is 0 Å². The number of primary amides is 1. The first-order valence-corrected chi connectivity index (χ1v) is 2.29. The van der Waals surface area contributed by atoms with E-state index >= 15 is 0 Å². The highest BCUT2D eigenvalue weighted by Gasteiger charge is 1.90. The number of carbonyl (C=O) groups excluding carboxylic acids is 1. The van der Waals surface area contributed by atoms with Gasteiger partial charge in [0.05, 0.1) is 0 Å². The molecule has 0 aromatic heterocycles. The lowest BCUT2D eigenvalue weighted by Crippen LogP contribution is -2.12. The predicted octanol–water partition coefficient (Wildman–Crippen LogP) is -0.901. The number of hydrogen-bond donors (Lipinski definition) is 2. The first-order chi connectivity index (χ1) is 4.20. The number of nitrogens with two attached hydrogens (primary N) is 1. The van der Waals surface area contributed by atoms with Gasteiger partial charge in [0, 0.05) is 13.1 Å². The van der Waals surface area contributed by atoms with E-state index in [4.69, 9.17) is 11.0 Å². The molecule has 0 radical (unpaired) electrons. The number of nitrogens with one attached hydrogen (secondary N) is 1. The lowest BCUT2D eigenvalue weighted by atomic mass is 10.4. The SMILES string of the molecule is CN/C(C#N)=C\C(N)=O. The second-order valence-corrected chi connectivity index (χ2v) is 1.32. The Hall–Kier alpha value is -1.50. The van der Waals surface area contributed by atoms with Crippen LogP contribution >= 0.6 is 0 Å². The molecule has 4 nitrogen and oxygen atoms in total. The van der Waals surface area contributed by atoms with Crippen LogP contribution in [0.2, 0.25) is 0 Å². The normalized spacial score (nSPS) is 10.0. The van der Waals surface area contributed by atoms with Gasteiger partial charge in [0.1, 0.15) is 11.8 Å². The van der Waals surface area contributed by atoms with Crippen molar-refractivity contribution in [2.75, 3.05) is 7.05 Å². The van der Waals surface area contributed by atoms with Gasteiger partial charge in [0.25, 0.3) is 0 Å². The molecule has 0 saturated heterocycles. The van der Waals surface area contributed by atoms with Crippen molar-refractivity contribution in [1.82, 2.24) is 5.32 Å². The number of rotatable bonds is 2. The van der Waals surface area contributed by atoms with Crippen molar-refractivity contribution < 1.29 is 4.79 Å². The molecule has 0 saturated carbocycles. The molecule has 0 bridgehead atoms. The van der Waals surface area contributed by atoms with Crippen LogP contribution in [0.25, 0.3) is 0 Å². The Morgan fingerprint density at radius 2 is 2.44 bits per heavy atom. The number of allylic oxidation sites excluding steroid dienone is 1. The third kappa shape index (κ3) is 3.12. The van der Waals surface area contributed by atoms with Crippen molar-refractivity contribution in [3.8, 4) is 6.07 Å². The Morgan fingerprint density at radius 3 is 2.56 bits per heavy atom. The van der Waals surface area contributed by atoms with Gasteiger partial charge in [-0.25, -0.2) is 0 Å². The zero-order chi connectivity index (χ0) is 7.28. The van der Waals surface area contributed by atoms with Gasteiger partial charge >= 0.3 is 0 Å². The monoisotopic (exact) mass is 125 g/mol. The number of carbonyl (C=O) groups is 1. The van der Waals surface area contributed by atoms with Gasteiger partial charge in [-0.1, -0.05) is 0 Å². The average Bonchev–Trinajstić information content (AvgIpc) is 1.82. The number of nitriles is 1. The fraction of sp³-hybridized carbons (Fsp3) is 0.200. The molecule has 9 heavy (non-hydrogen) atoms. The van der Waals surface area contributed by atoms with Crippen LogP contribution in [0.15, 0.2) is 11.8 Å². The predicted molar refractivity (Wildman–Crippen MR) is 32.0 cm³/mol. The highest BCUT2D eigenvalue weighted by molar-refractivity contribution is 5.87. The van der Waals surface area contributed by atoms with Crippen LogP contribution in [0.1, 0.15) is 0 Å². The lowest BCUT2D eigenvalue weighted by Gasteiger charge is -1.90. The molecule has 1 amide bonds. The van der Waals surface area contributed by atoms with E-state index in [1.807, 2.05) is 0 Å². The molecule has 0 aromatic carbocycles. The van der Waals surface area contributed by atoms with Crippen molar-refractivity contribution in [2.24, 2.45) is 5.73 Å². The summed E-state index contributed by atoms with van der Waals surface area (Å²) in [6.45, 7) is 0. The highest BCUT2D eigenvalue weighted by Crippen LogP contribution is 1.80. The summed E-state index contributed by atoms with van der Waals surface area (Å²) in [6, 6.07) is 1.73. The standard InChI is InChI=1S/C5H7N3O/c1-8-4(3-6)2-5(7)9/h2,8H,1H3,(H2,7,9)/b4-2-. The fourth-order valence-electron chi connectivity index (χ4n) is 0.303. The number of amides is 1. The summed E-state index contributed by atoms with van der Waals surface area (Å²) < 4.78 is 0. The van der Waals surface area contributed by atoms with E-state index in [2.05, 4.69) is 5.32 Å². The largest absolute Gasteiger partial charge is 0.379 e. The fourth-order valence-corrected chi connectivity index (χ4v) is 0.303. The maximum Gasteiger partial charge on any atom is 0.244 e. The Morgan fingerprint density at radius 1 is 1.89 bits per heavy atom. The maximum atomic E-state index is 10.1. The second-order valence-electron chi connectivity index (χ2n) is 1.32. The molecule has 0 aliphatic rings. The minimum Gasteiger partial charge on any atom is -0.379 e. The average molecular weight is 125 g/mol. The molecule has 0 aromatic rings. The number of hydrogen-bond acceptors (Lipinski definition) is 3. The van der Waals surface area contributed by atoms with Crippen molar-refractivity contribution in [2.45, 2.75) is 0 Å². The summed E-state index contributed by atoms with van der Waals surface area (Å²) in [4.78, 5) is 10.1. The molecule has 0 atom stereocenters. The quantitative estimate of drug-likeness (QED) is 0.370. The highest BCUT2D eigenvalue weighted by atomic mass is 16.1. The van der Waals surface area contributed by atoms with Gasteiger partial charge in [-0.3, -0.25) is 4.79 Å². The lowest BCUT2D eigenvalue weighted by molar-refractivity contribution is -0.113. The Kier molecular flexibility index (Phi) is 2.91. The molecular weight excluding hydrogens is 118 g/mol. The van der Waals surface area contributed by atoms with Crippen LogP contribution < -0.4 is 11.1 Å². The van der Waals surface area contributed by atoms with Crippen LogP contribution in [-0.2, 0) is 4.79 Å². The first kappa shape index (κ1) is 7.50. The molecule has 3 N–H and O–H groups in total. The van der Waals surface area contributed by atoms with E-state index in [-0.39, 0.29) is 5.70 Å². The second kappa shape index (κ2) is 3.50. The van der Waals surface area contributed by atoms with Gasteiger partial charge in [0.15, 0.2) is 0 Å². The van der Waals surface area contributed by atoms with Crippen molar-refractivity contribution in [3.05, 3.63) is 11.8 Å². The molecule has 0 spiro atoms. The zero-order valence-corrected chi connectivity index (χ0v) is 5.01. The topological polar surface area (TPSA) is 78.9 Å². The molecular formula is C5H7N3O. The smallest absolute Gasteiger partial charge is 0.244 e. The van der Waals surface area contributed by atoms with E-state index in [1.54, 1.807) is 6.07 Å². The Balaban J connectivity index is 4.13. The summed E-state index contributed by atoms with van der Waals surface area (Å²) in [5, 5.41) is 10.7. The minimum atomic E-state index is -0.624. The molecule has 0 rings (SSSR count). The summed E-state index contributed by atoms with van der Waals surface area (Å²) in [5.74, 6) is -0.624. The van der Waals surface area contributed by atoms with Gasteiger partial charge in [-0.15, -0.1) is 0 Å². The molecule has 0 aliphatic carbocycles. The van der Waals surface area contributed by atoms with Crippen molar-refractivity contribution in [3.63, 3.8) is 0 Å². The van der Waals surface area contributed by atoms with Crippen LogP contribution in [0.4, 0.5) is 0 Å². The third-order valence-electron chi connectivity index (χ3n) is 0.676. The molecule has 0 fully saturated rings. The summed E-state index contributed by atoms with van der Waals surface area (Å²) >= 11 is 0. The third-order valence-corrected chi connectivity index (χ3v) is 0.676. The number of nitrogens with zero attached hydrogens (tertiary/aromatic N) is 1. The maximum absolute atomic E-state index is 10.1. The summed E-state index contributed by atoms with van der Waals surface area (Å²) in [6.07, 6.45) is 1.03. The van der Waals surface area contributed by atoms with Gasteiger partial charge in [-0.2, -0.15) is 5.26 Å². The van der Waals surface area contributed by atoms with E-state index in [0.717, 1.165) is 6.08 Å². The minimum absolute atomic E-state index is 0.169. The van der Waals surface area contributed by atoms with Gasteiger partial charge in [0.2, 0.25) is 5.91 Å². The van der Waals surface area contributed by atoms with Gasteiger partial charge < -0.3 is 11.1 Å². The van der Waals surface area contributed by atoms with E-state index < -0.39 is 5.91 Å². The zero-order valence-electron chi connectivity index (χ0n) is 5.01. The van der Waals surface area contributed by atoms with Crippen LogP contribution in [0.3, 0.4) is 0 Å². The summed E-state index contributed by atoms with van der Waals surface area (Å²) in [5.41, 5.74) is 4.91.